The molecule has 0 fully saturated rings. The molecule has 0 aromatic heterocycles. The minimum atomic E-state index is 0.526. The van der Waals surface area contributed by atoms with Crippen LogP contribution in [0.25, 0.3) is 0 Å². The van der Waals surface area contributed by atoms with Crippen LogP contribution in [0.2, 0.25) is 0 Å². The number of hydrogen-bond acceptors (Lipinski definition) is 1. The van der Waals surface area contributed by atoms with Crippen LogP contribution in [0, 0.1) is 0 Å². The predicted molar refractivity (Wildman–Crippen MR) is 76.1 cm³/mol. The van der Waals surface area contributed by atoms with Crippen LogP contribution in [-0.4, -0.2) is 0 Å². The fourth-order valence-corrected chi connectivity index (χ4v) is 3.01. The Kier molecular flexibility index (Phi) is 4.78. The highest BCUT2D eigenvalue weighted by Gasteiger charge is 2.05. The van der Waals surface area contributed by atoms with E-state index < -0.39 is 0 Å². The third-order valence-electron chi connectivity index (χ3n) is 2.40. The Morgan fingerprint density at radius 1 is 0.882 bits per heavy atom. The third-order valence-corrected chi connectivity index (χ3v) is 4.11. The van der Waals surface area contributed by atoms with E-state index in [1.807, 2.05) is 24.3 Å². The van der Waals surface area contributed by atoms with E-state index in [-0.39, 0.29) is 0 Å². The smallest absolute Gasteiger partial charge is 0.0485 e. The van der Waals surface area contributed by atoms with Gasteiger partial charge in [-0.05, 0) is 29.3 Å². The van der Waals surface area contributed by atoms with Crippen LogP contribution >= 0.6 is 35.0 Å². The molecule has 3 heteroatoms. The molecule has 0 aliphatic carbocycles. The second-order valence-electron chi connectivity index (χ2n) is 3.62. The number of hydrogen-bond donors (Lipinski definition) is 0. The number of benzene rings is 2. The minimum absolute atomic E-state index is 0.526. The van der Waals surface area contributed by atoms with Gasteiger partial charge in [0.25, 0.3) is 0 Å². The maximum absolute atomic E-state index is 5.95. The highest BCUT2D eigenvalue weighted by molar-refractivity contribution is 7.99. The molecule has 0 saturated carbocycles. The van der Waals surface area contributed by atoms with E-state index in [0.29, 0.717) is 11.8 Å². The van der Waals surface area contributed by atoms with Gasteiger partial charge in [-0.25, -0.2) is 0 Å². The molecule has 0 aliphatic rings. The van der Waals surface area contributed by atoms with Gasteiger partial charge in [0.2, 0.25) is 0 Å². The lowest BCUT2D eigenvalue weighted by molar-refractivity contribution is 1.21. The van der Waals surface area contributed by atoms with Crippen molar-refractivity contribution in [2.75, 3.05) is 0 Å². The summed E-state index contributed by atoms with van der Waals surface area (Å²) in [5, 5.41) is 0. The van der Waals surface area contributed by atoms with Crippen molar-refractivity contribution < 1.29 is 0 Å². The lowest BCUT2D eigenvalue weighted by Crippen LogP contribution is -1.87. The fourth-order valence-electron chi connectivity index (χ4n) is 1.50. The van der Waals surface area contributed by atoms with Crippen molar-refractivity contribution in [1.29, 1.82) is 0 Å². The molecule has 0 unspecified atom stereocenters. The van der Waals surface area contributed by atoms with Crippen molar-refractivity contribution in [1.82, 2.24) is 0 Å². The first-order valence-electron chi connectivity index (χ1n) is 5.30. The van der Waals surface area contributed by atoms with Gasteiger partial charge in [0.1, 0.15) is 0 Å². The Morgan fingerprint density at radius 2 is 1.65 bits per heavy atom. The summed E-state index contributed by atoms with van der Waals surface area (Å²) in [6.45, 7) is 0. The van der Waals surface area contributed by atoms with Crippen LogP contribution in [0.5, 0.6) is 0 Å². The third kappa shape index (κ3) is 3.41. The summed E-state index contributed by atoms with van der Waals surface area (Å²) in [7, 11) is 0. The van der Waals surface area contributed by atoms with Gasteiger partial charge in [-0.1, -0.05) is 42.1 Å². The summed E-state index contributed by atoms with van der Waals surface area (Å²) in [4.78, 5) is 2.40. The Labute approximate surface area is 116 Å². The molecule has 2 aromatic carbocycles. The normalized spacial score (nSPS) is 10.5. The molecule has 2 aromatic rings. The van der Waals surface area contributed by atoms with Crippen LogP contribution in [0.4, 0.5) is 0 Å². The highest BCUT2D eigenvalue weighted by atomic mass is 35.5. The van der Waals surface area contributed by atoms with Crippen molar-refractivity contribution in [3.8, 4) is 0 Å². The summed E-state index contributed by atoms with van der Waals surface area (Å²) in [5.41, 5.74) is 2.27. The largest absolute Gasteiger partial charge is 0.122 e. The topological polar surface area (TPSA) is 0 Å². The van der Waals surface area contributed by atoms with Gasteiger partial charge in [0, 0.05) is 21.6 Å². The van der Waals surface area contributed by atoms with E-state index in [4.69, 9.17) is 23.2 Å². The van der Waals surface area contributed by atoms with Crippen molar-refractivity contribution in [2.24, 2.45) is 0 Å². The maximum atomic E-state index is 5.95. The molecule has 0 N–H and O–H groups in total. The quantitative estimate of drug-likeness (QED) is 0.685. The SMILES string of the molecule is ClCc1ccc(CCl)c(Sc2ccccc2)c1. The van der Waals surface area contributed by atoms with Crippen LogP contribution < -0.4 is 0 Å². The Balaban J connectivity index is 2.30. The van der Waals surface area contributed by atoms with E-state index >= 15 is 0 Å². The number of halogens is 2. The monoisotopic (exact) mass is 282 g/mol. The first kappa shape index (κ1) is 12.8. The van der Waals surface area contributed by atoms with Crippen molar-refractivity contribution in [3.05, 3.63) is 59.7 Å². The van der Waals surface area contributed by atoms with Gasteiger partial charge in [-0.3, -0.25) is 0 Å². The van der Waals surface area contributed by atoms with Crippen LogP contribution in [0.3, 0.4) is 0 Å². The summed E-state index contributed by atoms with van der Waals surface area (Å²) in [6, 6.07) is 16.5. The maximum Gasteiger partial charge on any atom is 0.0485 e. The molecule has 0 heterocycles. The standard InChI is InChI=1S/C14H12Cl2S/c15-9-11-6-7-12(10-16)14(8-11)17-13-4-2-1-3-5-13/h1-8H,9-10H2. The molecule has 17 heavy (non-hydrogen) atoms. The minimum Gasteiger partial charge on any atom is -0.122 e. The van der Waals surface area contributed by atoms with Gasteiger partial charge in [0.15, 0.2) is 0 Å². The van der Waals surface area contributed by atoms with Crippen LogP contribution in [0.1, 0.15) is 11.1 Å². The van der Waals surface area contributed by atoms with Gasteiger partial charge in [0.05, 0.1) is 0 Å². The zero-order valence-electron chi connectivity index (χ0n) is 9.20. The van der Waals surface area contributed by atoms with Crippen molar-refractivity contribution in [2.45, 2.75) is 21.6 Å². The van der Waals surface area contributed by atoms with Gasteiger partial charge in [-0.15, -0.1) is 23.2 Å². The van der Waals surface area contributed by atoms with Gasteiger partial charge in [-0.2, -0.15) is 0 Å². The van der Waals surface area contributed by atoms with Gasteiger partial charge >= 0.3 is 0 Å². The Hall–Kier alpha value is -0.630. The molecule has 0 spiro atoms. The molecular weight excluding hydrogens is 271 g/mol. The highest BCUT2D eigenvalue weighted by Crippen LogP contribution is 2.32. The Bertz CT molecular complexity index is 483. The molecule has 2 rings (SSSR count). The van der Waals surface area contributed by atoms with E-state index in [1.54, 1.807) is 11.8 Å². The first-order valence-corrected chi connectivity index (χ1v) is 7.18. The number of rotatable bonds is 4. The van der Waals surface area contributed by atoms with Crippen LogP contribution in [-0.2, 0) is 11.8 Å². The summed E-state index contributed by atoms with van der Waals surface area (Å²) < 4.78 is 0. The average Bonchev–Trinajstić information content (AvgIpc) is 2.40. The summed E-state index contributed by atoms with van der Waals surface area (Å²) in [6.07, 6.45) is 0. The molecule has 0 bridgehead atoms. The lowest BCUT2D eigenvalue weighted by atomic mass is 10.2. The first-order chi connectivity index (χ1) is 8.33. The molecule has 0 nitrogen and oxygen atoms in total. The summed E-state index contributed by atoms with van der Waals surface area (Å²) >= 11 is 13.5. The summed E-state index contributed by atoms with van der Waals surface area (Å²) in [5.74, 6) is 1.06. The van der Waals surface area contributed by atoms with Crippen LogP contribution in [0.15, 0.2) is 58.3 Å². The van der Waals surface area contributed by atoms with E-state index in [2.05, 4.69) is 24.3 Å². The second kappa shape index (κ2) is 6.34. The molecule has 88 valence electrons. The molecule has 0 amide bonds. The predicted octanol–water partition coefficient (Wildman–Crippen LogP) is 5.32. The van der Waals surface area contributed by atoms with E-state index in [0.717, 1.165) is 11.1 Å². The van der Waals surface area contributed by atoms with E-state index in [1.165, 1.54) is 9.79 Å². The molecule has 0 radical (unpaired) electrons. The van der Waals surface area contributed by atoms with Gasteiger partial charge < -0.3 is 0 Å². The zero-order chi connectivity index (χ0) is 12.1. The second-order valence-corrected chi connectivity index (χ2v) is 5.27. The molecule has 0 atom stereocenters. The zero-order valence-corrected chi connectivity index (χ0v) is 11.5. The lowest BCUT2D eigenvalue weighted by Gasteiger charge is -2.08. The van der Waals surface area contributed by atoms with Crippen molar-refractivity contribution >= 4 is 35.0 Å². The Morgan fingerprint density at radius 3 is 2.29 bits per heavy atom. The fraction of sp³-hybridized carbons (Fsp3) is 0.143. The average molecular weight is 283 g/mol. The van der Waals surface area contributed by atoms with Crippen molar-refractivity contribution in [3.63, 3.8) is 0 Å². The van der Waals surface area contributed by atoms with E-state index in [9.17, 15) is 0 Å². The molecule has 0 saturated heterocycles. The molecule has 0 aliphatic heterocycles. The molecular formula is C14H12Cl2S. The number of alkyl halides is 2.